The topological polar surface area (TPSA) is 76.2 Å². The summed E-state index contributed by atoms with van der Waals surface area (Å²) >= 11 is 5.78. The van der Waals surface area contributed by atoms with E-state index in [0.717, 1.165) is 11.5 Å². The number of benzene rings is 1. The van der Waals surface area contributed by atoms with Crippen LogP contribution in [0.25, 0.3) is 0 Å². The maximum atomic E-state index is 11.8. The summed E-state index contributed by atoms with van der Waals surface area (Å²) in [5, 5.41) is 0.609. The number of carbonyl (C=O) groups is 1. The molecule has 1 aromatic carbocycles. The van der Waals surface area contributed by atoms with Crippen LogP contribution in [-0.2, 0) is 16.2 Å². The molecule has 0 saturated carbocycles. The van der Waals surface area contributed by atoms with Gasteiger partial charge in [0.05, 0.1) is 11.9 Å². The highest BCUT2D eigenvalue weighted by Gasteiger charge is 2.14. The van der Waals surface area contributed by atoms with Crippen molar-refractivity contribution in [2.75, 3.05) is 0 Å². The molecule has 1 aromatic heterocycles. The lowest BCUT2D eigenvalue weighted by atomic mass is 10.3. The Morgan fingerprint density at radius 1 is 1.43 bits per heavy atom. The summed E-state index contributed by atoms with van der Waals surface area (Å²) in [6, 6.07) is 6.78. The molecular weight excluding hydrogens is 294 g/mol. The van der Waals surface area contributed by atoms with E-state index in [9.17, 15) is 4.79 Å². The third kappa shape index (κ3) is 4.77. The number of aromatic nitrogens is 2. The third-order valence-corrected chi connectivity index (χ3v) is 2.90. The van der Waals surface area contributed by atoms with Crippen LogP contribution >= 0.6 is 11.6 Å². The van der Waals surface area contributed by atoms with Gasteiger partial charge in [0.25, 0.3) is 5.91 Å². The summed E-state index contributed by atoms with van der Waals surface area (Å²) in [6.07, 6.45) is 0.962. The Labute approximate surface area is 127 Å². The molecule has 0 radical (unpaired) electrons. The van der Waals surface area contributed by atoms with E-state index in [2.05, 4.69) is 15.4 Å². The lowest BCUT2D eigenvalue weighted by molar-refractivity contribution is -0.141. The van der Waals surface area contributed by atoms with Crippen LogP contribution in [0.4, 0.5) is 0 Å². The van der Waals surface area contributed by atoms with E-state index in [1.807, 2.05) is 6.92 Å². The summed E-state index contributed by atoms with van der Waals surface area (Å²) in [7, 11) is 0. The highest BCUT2D eigenvalue weighted by atomic mass is 35.5. The second-order valence-electron chi connectivity index (χ2n) is 4.46. The van der Waals surface area contributed by atoms with Crippen LogP contribution in [0.5, 0.6) is 5.75 Å². The van der Waals surface area contributed by atoms with Crippen molar-refractivity contribution in [3.63, 3.8) is 0 Å². The average molecular weight is 310 g/mol. The maximum Gasteiger partial charge on any atom is 0.284 e. The quantitative estimate of drug-likeness (QED) is 0.803. The number of aryl methyl sites for hydroxylation is 1. The summed E-state index contributed by atoms with van der Waals surface area (Å²) in [5.74, 6) is 0.979. The molecule has 1 atom stereocenters. The Bertz CT molecular complexity index is 598. The Balaban J connectivity index is 1.75. The van der Waals surface area contributed by atoms with Gasteiger partial charge in [-0.05, 0) is 38.1 Å². The molecule has 2 N–H and O–H groups in total. The Hall–Kier alpha value is -2.05. The minimum Gasteiger partial charge on any atom is -0.481 e. The maximum absolute atomic E-state index is 11.8. The number of aromatic amines is 1. The first-order valence-electron chi connectivity index (χ1n) is 6.39. The van der Waals surface area contributed by atoms with Crippen molar-refractivity contribution in [2.24, 2.45) is 0 Å². The van der Waals surface area contributed by atoms with Crippen molar-refractivity contribution in [1.29, 1.82) is 0 Å². The molecule has 112 valence electrons. The van der Waals surface area contributed by atoms with E-state index < -0.39 is 6.10 Å². The standard InChI is InChI=1S/C14H16ClN3O3/c1-9(21-13-5-3-11(15)4-6-13)14(19)18-20-8-12-7-16-10(2)17-12/h3-7,9H,8H2,1-2H3,(H,16,17)(H,18,19). The number of imidazole rings is 1. The van der Waals surface area contributed by atoms with Crippen LogP contribution in [0.1, 0.15) is 18.4 Å². The molecule has 21 heavy (non-hydrogen) atoms. The minimum atomic E-state index is -0.685. The first kappa shape index (κ1) is 15.3. The number of ether oxygens (including phenoxy) is 1. The fourth-order valence-corrected chi connectivity index (χ4v) is 1.71. The van der Waals surface area contributed by atoms with Gasteiger partial charge in [0.2, 0.25) is 0 Å². The molecule has 0 aliphatic heterocycles. The van der Waals surface area contributed by atoms with Gasteiger partial charge in [0, 0.05) is 5.02 Å². The van der Waals surface area contributed by atoms with E-state index in [1.54, 1.807) is 37.4 Å². The highest BCUT2D eigenvalue weighted by molar-refractivity contribution is 6.30. The van der Waals surface area contributed by atoms with Gasteiger partial charge in [-0.25, -0.2) is 10.5 Å². The predicted octanol–water partition coefficient (Wildman–Crippen LogP) is 2.39. The van der Waals surface area contributed by atoms with Gasteiger partial charge in [-0.1, -0.05) is 11.6 Å². The summed E-state index contributed by atoms with van der Waals surface area (Å²) in [5.41, 5.74) is 3.11. The molecule has 0 fully saturated rings. The zero-order chi connectivity index (χ0) is 15.2. The number of hydroxylamine groups is 1. The molecule has 0 spiro atoms. The number of hydrogen-bond acceptors (Lipinski definition) is 4. The molecule has 2 aromatic rings. The molecule has 0 bridgehead atoms. The molecule has 1 amide bonds. The minimum absolute atomic E-state index is 0.209. The molecule has 0 saturated heterocycles. The monoisotopic (exact) mass is 309 g/mol. The van der Waals surface area contributed by atoms with E-state index >= 15 is 0 Å². The number of rotatable bonds is 6. The normalized spacial score (nSPS) is 12.0. The van der Waals surface area contributed by atoms with Crippen molar-refractivity contribution in [3.8, 4) is 5.75 Å². The number of nitrogens with zero attached hydrogens (tertiary/aromatic N) is 1. The van der Waals surface area contributed by atoms with Crippen LogP contribution in [0.3, 0.4) is 0 Å². The third-order valence-electron chi connectivity index (χ3n) is 2.65. The number of H-pyrrole nitrogens is 1. The summed E-state index contributed by atoms with van der Waals surface area (Å²) in [4.78, 5) is 23.9. The number of carbonyl (C=O) groups excluding carboxylic acids is 1. The molecule has 1 heterocycles. The van der Waals surface area contributed by atoms with E-state index in [0.29, 0.717) is 10.8 Å². The largest absolute Gasteiger partial charge is 0.481 e. The fraction of sp³-hybridized carbons (Fsp3) is 0.286. The zero-order valence-corrected chi connectivity index (χ0v) is 12.5. The Kier molecular flexibility index (Phi) is 5.19. The van der Waals surface area contributed by atoms with Crippen molar-refractivity contribution in [1.82, 2.24) is 15.4 Å². The van der Waals surface area contributed by atoms with Gasteiger partial charge in [0.15, 0.2) is 6.10 Å². The van der Waals surface area contributed by atoms with Gasteiger partial charge in [-0.3, -0.25) is 9.63 Å². The van der Waals surface area contributed by atoms with Gasteiger partial charge in [-0.2, -0.15) is 0 Å². The van der Waals surface area contributed by atoms with E-state index in [1.165, 1.54) is 0 Å². The molecule has 0 aliphatic rings. The molecule has 6 nitrogen and oxygen atoms in total. The van der Waals surface area contributed by atoms with Crippen molar-refractivity contribution < 1.29 is 14.4 Å². The molecule has 0 aliphatic carbocycles. The number of nitrogens with one attached hydrogen (secondary N) is 2. The second kappa shape index (κ2) is 7.10. The Morgan fingerprint density at radius 2 is 2.14 bits per heavy atom. The fourth-order valence-electron chi connectivity index (χ4n) is 1.58. The number of halogens is 1. The van der Waals surface area contributed by atoms with Crippen LogP contribution < -0.4 is 10.2 Å². The number of amides is 1. The Morgan fingerprint density at radius 3 is 2.76 bits per heavy atom. The van der Waals surface area contributed by atoms with Crippen LogP contribution in [0.2, 0.25) is 5.02 Å². The predicted molar refractivity (Wildman–Crippen MR) is 77.8 cm³/mol. The highest BCUT2D eigenvalue weighted by Crippen LogP contribution is 2.16. The molecule has 7 heteroatoms. The van der Waals surface area contributed by atoms with Crippen molar-refractivity contribution >= 4 is 17.5 Å². The second-order valence-corrected chi connectivity index (χ2v) is 4.90. The lowest BCUT2D eigenvalue weighted by Gasteiger charge is -2.14. The van der Waals surface area contributed by atoms with Crippen LogP contribution in [-0.4, -0.2) is 22.0 Å². The summed E-state index contributed by atoms with van der Waals surface area (Å²) in [6.45, 7) is 3.68. The summed E-state index contributed by atoms with van der Waals surface area (Å²) < 4.78 is 5.47. The first-order chi connectivity index (χ1) is 10.0. The van der Waals surface area contributed by atoms with Gasteiger partial charge < -0.3 is 9.72 Å². The van der Waals surface area contributed by atoms with Gasteiger partial charge in [-0.15, -0.1) is 0 Å². The SMILES string of the molecule is Cc1ncc(CONC(=O)C(C)Oc2ccc(Cl)cc2)[nH]1. The van der Waals surface area contributed by atoms with Gasteiger partial charge in [0.1, 0.15) is 18.2 Å². The molecule has 1 unspecified atom stereocenters. The van der Waals surface area contributed by atoms with Crippen LogP contribution in [0.15, 0.2) is 30.5 Å². The van der Waals surface area contributed by atoms with Crippen molar-refractivity contribution in [2.45, 2.75) is 26.6 Å². The van der Waals surface area contributed by atoms with E-state index in [-0.39, 0.29) is 12.5 Å². The molecular formula is C14H16ClN3O3. The number of hydrogen-bond donors (Lipinski definition) is 2. The average Bonchev–Trinajstić information content (AvgIpc) is 2.87. The molecule has 2 rings (SSSR count). The zero-order valence-electron chi connectivity index (χ0n) is 11.7. The lowest BCUT2D eigenvalue weighted by Crippen LogP contribution is -2.36. The smallest absolute Gasteiger partial charge is 0.284 e. The first-order valence-corrected chi connectivity index (χ1v) is 6.77. The van der Waals surface area contributed by atoms with Crippen molar-refractivity contribution in [3.05, 3.63) is 47.0 Å². The van der Waals surface area contributed by atoms with Gasteiger partial charge >= 0.3 is 0 Å². The van der Waals surface area contributed by atoms with E-state index in [4.69, 9.17) is 21.2 Å². The van der Waals surface area contributed by atoms with Crippen LogP contribution in [0, 0.1) is 6.92 Å².